The van der Waals surface area contributed by atoms with Crippen LogP contribution in [0.4, 0.5) is 0 Å². The van der Waals surface area contributed by atoms with Gasteiger partial charge in [-0.1, -0.05) is 100 Å². The molecule has 98 heavy (non-hydrogen) atoms. The van der Waals surface area contributed by atoms with Crippen molar-refractivity contribution in [2.45, 2.75) is 78.4 Å². The molecule has 0 aliphatic rings. The molecule has 0 aliphatic heterocycles. The number of carboxylic acid groups (broad SMARTS) is 6. The lowest BCUT2D eigenvalue weighted by Crippen LogP contribution is -2.25. The Morgan fingerprint density at radius 2 is 0.571 bits per heavy atom. The van der Waals surface area contributed by atoms with Gasteiger partial charge in [0.15, 0.2) is 21.7 Å². The summed E-state index contributed by atoms with van der Waals surface area (Å²) < 4.78 is 42.8. The standard InChI is InChI=1S/2C23H16O11.2C13H18O2/c2*24-11(9-31-14-3-1-5-16-20(14)12(25)7-18(33-16)22(27)28)10-32-15-4-2-6-17-21(15)13(26)8-19(34-17)23(29)30;2*1-9(2)8-11-4-6-12(7-5-11)10(3)13(14)15/h2*1-8,11,24H,9-10H2,(H,27,28)(H,29,30);2*4-7,9-10H,8H2,1-3H3,(H,14,15). The fraction of sp³-hybridized carbons (Fsp3) is 0.250. The Bertz CT molecular complexity index is 4250. The van der Waals surface area contributed by atoms with Crippen molar-refractivity contribution in [2.24, 2.45) is 11.8 Å². The summed E-state index contributed by atoms with van der Waals surface area (Å²) in [6, 6.07) is 36.6. The molecule has 10 rings (SSSR count). The Kier molecular flexibility index (Phi) is 25.1. The van der Waals surface area contributed by atoms with Crippen LogP contribution >= 0.6 is 0 Å². The fourth-order valence-corrected chi connectivity index (χ4v) is 9.57. The van der Waals surface area contributed by atoms with E-state index in [9.17, 15) is 58.2 Å². The van der Waals surface area contributed by atoms with Crippen LogP contribution in [0.1, 0.15) is 118 Å². The highest BCUT2D eigenvalue weighted by atomic mass is 16.5. The molecule has 0 radical (unpaired) electrons. The topological polar surface area (TPSA) is 422 Å². The largest absolute Gasteiger partial charge is 0.490 e. The van der Waals surface area contributed by atoms with Gasteiger partial charge < -0.3 is 77.5 Å². The Morgan fingerprint density at radius 1 is 0.347 bits per heavy atom. The van der Waals surface area contributed by atoms with Crippen molar-refractivity contribution in [3.63, 3.8) is 0 Å². The third-order valence-corrected chi connectivity index (χ3v) is 14.4. The molecule has 6 aromatic carbocycles. The maximum atomic E-state index is 12.3. The van der Waals surface area contributed by atoms with E-state index >= 15 is 0 Å². The summed E-state index contributed by atoms with van der Waals surface area (Å²) >= 11 is 0. The highest BCUT2D eigenvalue weighted by Gasteiger charge is 2.22. The fourth-order valence-electron chi connectivity index (χ4n) is 9.57. The van der Waals surface area contributed by atoms with E-state index in [2.05, 4.69) is 27.7 Å². The van der Waals surface area contributed by atoms with E-state index in [0.717, 1.165) is 48.2 Å². The Hall–Kier alpha value is -11.9. The molecule has 0 aliphatic carbocycles. The molecule has 4 aromatic heterocycles. The van der Waals surface area contributed by atoms with Crippen molar-refractivity contribution in [1.29, 1.82) is 0 Å². The van der Waals surface area contributed by atoms with Gasteiger partial charge in [-0.25, -0.2) is 19.2 Å². The third kappa shape index (κ3) is 19.6. The summed E-state index contributed by atoms with van der Waals surface area (Å²) in [5.74, 6) is -8.42. The van der Waals surface area contributed by atoms with E-state index < -0.39 is 105 Å². The summed E-state index contributed by atoms with van der Waals surface area (Å²) in [5, 5.41) is 74.4. The number of carbonyl (C=O) groups is 6. The molecule has 512 valence electrons. The van der Waals surface area contributed by atoms with Gasteiger partial charge in [0.2, 0.25) is 23.0 Å². The number of aliphatic hydroxyl groups is 2. The highest BCUT2D eigenvalue weighted by molar-refractivity contribution is 5.92. The molecule has 26 nitrogen and oxygen atoms in total. The molecule has 0 saturated carbocycles. The zero-order valence-corrected chi connectivity index (χ0v) is 53.5. The molecule has 0 saturated heterocycles. The van der Waals surface area contributed by atoms with Crippen LogP contribution in [0.25, 0.3) is 43.9 Å². The highest BCUT2D eigenvalue weighted by Crippen LogP contribution is 2.29. The number of hydrogen-bond donors (Lipinski definition) is 8. The van der Waals surface area contributed by atoms with Crippen molar-refractivity contribution in [2.75, 3.05) is 26.4 Å². The van der Waals surface area contributed by atoms with E-state index in [0.29, 0.717) is 11.8 Å². The molecular formula is C72H68O26. The zero-order chi connectivity index (χ0) is 71.7. The van der Waals surface area contributed by atoms with Crippen molar-refractivity contribution < 1.29 is 106 Å². The third-order valence-electron chi connectivity index (χ3n) is 14.4. The number of aromatic carboxylic acids is 4. The van der Waals surface area contributed by atoms with Gasteiger partial charge in [-0.15, -0.1) is 0 Å². The van der Waals surface area contributed by atoms with Crippen molar-refractivity contribution in [1.82, 2.24) is 0 Å². The number of ether oxygens (including phenoxy) is 4. The van der Waals surface area contributed by atoms with Crippen molar-refractivity contribution in [3.8, 4) is 23.0 Å². The molecule has 0 bridgehead atoms. The Morgan fingerprint density at radius 3 is 0.765 bits per heavy atom. The SMILES string of the molecule is CC(C)Cc1ccc(C(C)C(=O)O)cc1.CC(C)Cc1ccc(C(C)C(=O)O)cc1.O=C(O)c1cc(=O)c2c(OCC(O)COc3cccc4oc(C(=O)O)cc(=O)c34)cccc2o1.O=C(O)c1cc(=O)c2c(OCC(O)COc3cccc4oc(C(=O)O)cc(=O)c34)cccc2o1. The average molecular weight is 1350 g/mol. The number of benzene rings is 6. The van der Waals surface area contributed by atoms with Crippen LogP contribution < -0.4 is 40.7 Å². The zero-order valence-electron chi connectivity index (χ0n) is 53.5. The quantitative estimate of drug-likeness (QED) is 0.0279. The van der Waals surface area contributed by atoms with Crippen LogP contribution in [0, 0.1) is 11.8 Å². The molecule has 0 fully saturated rings. The lowest BCUT2D eigenvalue weighted by molar-refractivity contribution is -0.139. The number of aliphatic carboxylic acids is 2. The van der Waals surface area contributed by atoms with Gasteiger partial charge in [0, 0.05) is 24.3 Å². The second kappa shape index (κ2) is 33.5. The molecule has 4 heterocycles. The number of aliphatic hydroxyl groups excluding tert-OH is 2. The summed E-state index contributed by atoms with van der Waals surface area (Å²) in [4.78, 5) is 115. The Labute approximate surface area is 555 Å². The number of hydrogen-bond acceptors (Lipinski definition) is 20. The van der Waals surface area contributed by atoms with Gasteiger partial charge in [-0.2, -0.15) is 0 Å². The minimum absolute atomic E-state index is 0.0105. The van der Waals surface area contributed by atoms with E-state index in [1.807, 2.05) is 48.5 Å². The van der Waals surface area contributed by atoms with Gasteiger partial charge in [0.25, 0.3) is 0 Å². The molecule has 0 spiro atoms. The van der Waals surface area contributed by atoms with Crippen LogP contribution in [0.15, 0.2) is 182 Å². The minimum atomic E-state index is -1.39. The van der Waals surface area contributed by atoms with E-state index in [1.165, 1.54) is 83.9 Å². The first kappa shape index (κ1) is 73.5. The molecule has 10 aromatic rings. The first-order valence-electron chi connectivity index (χ1n) is 30.2. The van der Waals surface area contributed by atoms with Gasteiger partial charge in [-0.05, 0) is 109 Å². The monoisotopic (exact) mass is 1350 g/mol. The molecule has 0 amide bonds. The van der Waals surface area contributed by atoms with Crippen LogP contribution in [0.2, 0.25) is 0 Å². The van der Waals surface area contributed by atoms with E-state index in [-0.39, 0.29) is 93.3 Å². The van der Waals surface area contributed by atoms with Crippen LogP contribution in [-0.4, -0.2) is 115 Å². The lowest BCUT2D eigenvalue weighted by Gasteiger charge is -2.15. The Balaban J connectivity index is 0.000000197. The number of rotatable bonds is 24. The maximum Gasteiger partial charge on any atom is 0.371 e. The normalized spacial score (nSPS) is 11.6. The number of carboxylic acids is 6. The van der Waals surface area contributed by atoms with E-state index in [4.69, 9.17) is 67.3 Å². The van der Waals surface area contributed by atoms with Crippen LogP contribution in [0.3, 0.4) is 0 Å². The first-order chi connectivity index (χ1) is 46.5. The second-order valence-electron chi connectivity index (χ2n) is 23.0. The molecule has 2 unspecified atom stereocenters. The van der Waals surface area contributed by atoms with Gasteiger partial charge in [0.1, 0.15) is 106 Å². The predicted octanol–water partition coefficient (Wildman–Crippen LogP) is 10.4. The lowest BCUT2D eigenvalue weighted by atomic mass is 9.97. The van der Waals surface area contributed by atoms with Crippen LogP contribution in [-0.2, 0) is 22.4 Å². The summed E-state index contributed by atoms with van der Waals surface area (Å²) in [7, 11) is 0. The van der Waals surface area contributed by atoms with E-state index in [1.54, 1.807) is 13.8 Å². The molecule has 2 atom stereocenters. The first-order valence-corrected chi connectivity index (χ1v) is 30.2. The van der Waals surface area contributed by atoms with Crippen molar-refractivity contribution in [3.05, 3.63) is 232 Å². The molecule has 26 heteroatoms. The average Bonchev–Trinajstić information content (AvgIpc) is 0.844. The summed E-state index contributed by atoms with van der Waals surface area (Å²) in [5.41, 5.74) is 1.83. The summed E-state index contributed by atoms with van der Waals surface area (Å²) in [6.07, 6.45) is -0.300. The number of fused-ring (bicyclic) bond motifs is 4. The minimum Gasteiger partial charge on any atom is -0.490 e. The predicted molar refractivity (Wildman–Crippen MR) is 354 cm³/mol. The second-order valence-corrected chi connectivity index (χ2v) is 23.0. The van der Waals surface area contributed by atoms with Crippen molar-refractivity contribution >= 4 is 79.7 Å². The van der Waals surface area contributed by atoms with Gasteiger partial charge >= 0.3 is 35.8 Å². The maximum absolute atomic E-state index is 12.3. The molecular weight excluding hydrogens is 1280 g/mol. The van der Waals surface area contributed by atoms with Gasteiger partial charge in [-0.3, -0.25) is 28.8 Å². The smallest absolute Gasteiger partial charge is 0.371 e. The van der Waals surface area contributed by atoms with Crippen LogP contribution in [0.5, 0.6) is 23.0 Å². The van der Waals surface area contributed by atoms with Gasteiger partial charge in [0.05, 0.1) is 11.8 Å². The molecule has 8 N–H and O–H groups in total. The summed E-state index contributed by atoms with van der Waals surface area (Å²) in [6.45, 7) is 10.9.